The van der Waals surface area contributed by atoms with E-state index in [1.165, 1.54) is 17.0 Å². The summed E-state index contributed by atoms with van der Waals surface area (Å²) in [5, 5.41) is 0. The lowest BCUT2D eigenvalue weighted by atomic mass is 9.98. The molecule has 2 heterocycles. The zero-order valence-electron chi connectivity index (χ0n) is 25.1. The van der Waals surface area contributed by atoms with Crippen molar-refractivity contribution in [2.24, 2.45) is 0 Å². The van der Waals surface area contributed by atoms with Crippen molar-refractivity contribution in [2.75, 3.05) is 73.2 Å². The van der Waals surface area contributed by atoms with Crippen molar-refractivity contribution in [1.82, 2.24) is 14.7 Å². The van der Waals surface area contributed by atoms with Gasteiger partial charge in [-0.25, -0.2) is 0 Å². The number of nitrogens with zero attached hydrogens (tertiary/aromatic N) is 3. The fraction of sp³-hybridized carbons (Fsp3) is 0.567. The summed E-state index contributed by atoms with van der Waals surface area (Å²) in [5.74, 6) is -1.50. The number of ether oxygens (including phenoxy) is 3. The number of piperazine rings is 1. The second kappa shape index (κ2) is 14.4. The predicted molar refractivity (Wildman–Crippen MR) is 147 cm³/mol. The molecule has 0 aliphatic carbocycles. The van der Waals surface area contributed by atoms with Crippen LogP contribution in [-0.4, -0.2) is 106 Å². The van der Waals surface area contributed by atoms with E-state index in [1.807, 2.05) is 4.90 Å². The molecule has 4 rings (SSSR count). The lowest BCUT2D eigenvalue weighted by molar-refractivity contribution is -0.143. The summed E-state index contributed by atoms with van der Waals surface area (Å²) in [7, 11) is 2.64. The third-order valence-electron chi connectivity index (χ3n) is 8.01. The lowest BCUT2D eigenvalue weighted by Crippen LogP contribution is -2.57. The van der Waals surface area contributed by atoms with Crippen molar-refractivity contribution in [3.8, 4) is 5.75 Å². The van der Waals surface area contributed by atoms with Gasteiger partial charge in [-0.05, 0) is 42.3 Å². The molecular weight excluding hydrogens is 637 g/mol. The van der Waals surface area contributed by atoms with Crippen LogP contribution in [0.2, 0.25) is 0 Å². The lowest BCUT2D eigenvalue weighted by Gasteiger charge is -2.43. The maximum atomic E-state index is 13.6. The SMILES string of the molecule is COC[C@@H]1CN(CCN2CCN(C(=O)c3cc(C(F)(F)F)cc(C(F)(F)F)c3)C(Cc3ccc(C(F)(F)F)c(OC)c3)C2)CCO1. The van der Waals surface area contributed by atoms with Gasteiger partial charge in [0, 0.05) is 64.5 Å². The van der Waals surface area contributed by atoms with E-state index in [9.17, 15) is 44.3 Å². The summed E-state index contributed by atoms with van der Waals surface area (Å²) < 4.78 is 137. The summed E-state index contributed by atoms with van der Waals surface area (Å²) in [6, 6.07) is 3.14. The minimum absolute atomic E-state index is 0.0324. The number of morpholine rings is 1. The topological polar surface area (TPSA) is 54.5 Å². The molecule has 2 aromatic carbocycles. The molecule has 0 aromatic heterocycles. The van der Waals surface area contributed by atoms with Gasteiger partial charge in [-0.3, -0.25) is 14.6 Å². The minimum Gasteiger partial charge on any atom is -0.496 e. The summed E-state index contributed by atoms with van der Waals surface area (Å²) in [6.07, 6.45) is -15.1. The molecule has 16 heteroatoms. The van der Waals surface area contributed by atoms with E-state index in [4.69, 9.17) is 14.2 Å². The van der Waals surface area contributed by atoms with Crippen molar-refractivity contribution < 1.29 is 58.5 Å². The average molecular weight is 672 g/mol. The zero-order valence-corrected chi connectivity index (χ0v) is 25.1. The maximum Gasteiger partial charge on any atom is 0.419 e. The van der Waals surface area contributed by atoms with Gasteiger partial charge in [-0.1, -0.05) is 6.07 Å². The number of hydrogen-bond donors (Lipinski definition) is 0. The molecule has 2 atom stereocenters. The fourth-order valence-electron chi connectivity index (χ4n) is 5.73. The first kappa shape index (κ1) is 35.8. The molecule has 2 fully saturated rings. The van der Waals surface area contributed by atoms with Gasteiger partial charge >= 0.3 is 18.5 Å². The minimum atomic E-state index is -5.15. The van der Waals surface area contributed by atoms with Crippen LogP contribution in [0.15, 0.2) is 36.4 Å². The maximum absolute atomic E-state index is 13.6. The van der Waals surface area contributed by atoms with Crippen LogP contribution in [0.3, 0.4) is 0 Å². The highest BCUT2D eigenvalue weighted by molar-refractivity contribution is 5.95. The van der Waals surface area contributed by atoms with Gasteiger partial charge in [-0.15, -0.1) is 0 Å². The van der Waals surface area contributed by atoms with Crippen LogP contribution in [0.25, 0.3) is 0 Å². The molecule has 2 aliphatic heterocycles. The average Bonchev–Trinajstić information content (AvgIpc) is 2.98. The Balaban J connectivity index is 1.61. The Bertz CT molecular complexity index is 1320. The summed E-state index contributed by atoms with van der Waals surface area (Å²) >= 11 is 0. The van der Waals surface area contributed by atoms with Crippen molar-refractivity contribution in [3.63, 3.8) is 0 Å². The second-order valence-corrected chi connectivity index (χ2v) is 11.2. The summed E-state index contributed by atoms with van der Waals surface area (Å²) in [4.78, 5) is 19.0. The highest BCUT2D eigenvalue weighted by atomic mass is 19.4. The van der Waals surface area contributed by atoms with Gasteiger partial charge in [0.2, 0.25) is 0 Å². The van der Waals surface area contributed by atoms with Crippen molar-refractivity contribution in [3.05, 3.63) is 64.2 Å². The summed E-state index contributed by atoms with van der Waals surface area (Å²) in [6.45, 7) is 3.77. The molecule has 0 N–H and O–H groups in total. The van der Waals surface area contributed by atoms with E-state index >= 15 is 0 Å². The van der Waals surface area contributed by atoms with E-state index in [0.717, 1.165) is 13.2 Å². The van der Waals surface area contributed by atoms with Crippen LogP contribution in [0.1, 0.15) is 32.6 Å². The van der Waals surface area contributed by atoms with E-state index < -0.39 is 58.5 Å². The molecule has 0 saturated carbocycles. The monoisotopic (exact) mass is 671 g/mol. The first-order valence-electron chi connectivity index (χ1n) is 14.4. The molecule has 7 nitrogen and oxygen atoms in total. The third kappa shape index (κ3) is 9.04. The number of alkyl halides is 9. The molecule has 0 bridgehead atoms. The predicted octanol–water partition coefficient (Wildman–Crippen LogP) is 5.47. The Morgan fingerprint density at radius 1 is 0.826 bits per heavy atom. The van der Waals surface area contributed by atoms with Crippen molar-refractivity contribution in [2.45, 2.75) is 37.1 Å². The van der Waals surface area contributed by atoms with Crippen molar-refractivity contribution >= 4 is 5.91 Å². The number of halogens is 9. The molecule has 46 heavy (non-hydrogen) atoms. The van der Waals surface area contributed by atoms with Crippen LogP contribution in [-0.2, 0) is 34.4 Å². The molecule has 0 spiro atoms. The molecular formula is C30H34F9N3O4. The van der Waals surface area contributed by atoms with E-state index in [2.05, 4.69) is 4.90 Å². The highest BCUT2D eigenvalue weighted by Gasteiger charge is 2.40. The van der Waals surface area contributed by atoms with Crippen molar-refractivity contribution in [1.29, 1.82) is 0 Å². The smallest absolute Gasteiger partial charge is 0.419 e. The zero-order chi connectivity index (χ0) is 33.9. The summed E-state index contributed by atoms with van der Waals surface area (Å²) in [5.41, 5.74) is -4.71. The molecule has 2 aromatic rings. The number of methoxy groups -OCH3 is 2. The Morgan fingerprint density at radius 2 is 1.46 bits per heavy atom. The van der Waals surface area contributed by atoms with Crippen LogP contribution in [0, 0.1) is 0 Å². The first-order chi connectivity index (χ1) is 21.5. The number of benzene rings is 2. The van der Waals surface area contributed by atoms with Crippen LogP contribution in [0.4, 0.5) is 39.5 Å². The largest absolute Gasteiger partial charge is 0.496 e. The Kier molecular flexibility index (Phi) is 11.2. The van der Waals surface area contributed by atoms with E-state index in [0.29, 0.717) is 57.1 Å². The normalized spacial score (nSPS) is 20.6. The second-order valence-electron chi connectivity index (χ2n) is 11.2. The molecule has 0 radical (unpaired) electrons. The first-order valence-corrected chi connectivity index (χ1v) is 14.4. The van der Waals surface area contributed by atoms with Crippen LogP contribution < -0.4 is 4.74 Å². The Hall–Kier alpha value is -3.08. The van der Waals surface area contributed by atoms with Gasteiger partial charge in [0.15, 0.2) is 0 Å². The quantitative estimate of drug-likeness (QED) is 0.330. The molecule has 2 saturated heterocycles. The molecule has 1 unspecified atom stereocenters. The number of hydrogen-bond acceptors (Lipinski definition) is 6. The number of rotatable bonds is 9. The van der Waals surface area contributed by atoms with Gasteiger partial charge in [0.25, 0.3) is 5.91 Å². The van der Waals surface area contributed by atoms with Gasteiger partial charge < -0.3 is 19.1 Å². The van der Waals surface area contributed by atoms with E-state index in [1.54, 1.807) is 7.11 Å². The van der Waals surface area contributed by atoms with Crippen LogP contribution in [0.5, 0.6) is 5.75 Å². The highest BCUT2D eigenvalue weighted by Crippen LogP contribution is 2.38. The Labute approximate surface area is 259 Å². The number of carbonyl (C=O) groups is 1. The molecule has 256 valence electrons. The van der Waals surface area contributed by atoms with E-state index in [-0.39, 0.29) is 38.2 Å². The number of carbonyl (C=O) groups excluding carboxylic acids is 1. The van der Waals surface area contributed by atoms with Gasteiger partial charge in [0.05, 0.1) is 43.1 Å². The van der Waals surface area contributed by atoms with Gasteiger partial charge in [-0.2, -0.15) is 39.5 Å². The Morgan fingerprint density at radius 3 is 2.02 bits per heavy atom. The van der Waals surface area contributed by atoms with Crippen LogP contribution >= 0.6 is 0 Å². The third-order valence-corrected chi connectivity index (χ3v) is 8.01. The van der Waals surface area contributed by atoms with Gasteiger partial charge in [0.1, 0.15) is 5.75 Å². The fourth-order valence-corrected chi connectivity index (χ4v) is 5.73. The number of amides is 1. The molecule has 1 amide bonds. The standard InChI is InChI=1S/C30H34F9N3O4/c1-44-18-24-17-41(9-10-46-24)6-5-40-7-8-42(23(16-40)11-19-3-4-25(30(37,38)39)26(12-19)45-2)27(43)20-13-21(28(31,32)33)15-22(14-20)29(34,35)36/h3-4,12-15,23-24H,5-11,16-18H2,1-2H3/t23?,24-/m0/s1. The molecule has 2 aliphatic rings.